The third-order valence-corrected chi connectivity index (χ3v) is 5.21. The SMILES string of the molecule is N#Cc1ncc(C=CCNC(=O)OCC2c3ccccc3-c3ccccc32)cc1[N+](=O)[O-]. The van der Waals surface area contributed by atoms with E-state index in [4.69, 9.17) is 10.00 Å². The van der Waals surface area contributed by atoms with Crippen molar-refractivity contribution in [1.82, 2.24) is 10.3 Å². The fourth-order valence-electron chi connectivity index (χ4n) is 3.77. The summed E-state index contributed by atoms with van der Waals surface area (Å²) in [6.07, 6.45) is 3.99. The van der Waals surface area contributed by atoms with Crippen molar-refractivity contribution in [3.63, 3.8) is 0 Å². The minimum absolute atomic E-state index is 0.0195. The minimum atomic E-state index is -0.655. The molecule has 32 heavy (non-hydrogen) atoms. The first-order chi connectivity index (χ1) is 15.6. The molecule has 1 amide bonds. The van der Waals surface area contributed by atoms with Gasteiger partial charge in [0.15, 0.2) is 0 Å². The number of hydrogen-bond donors (Lipinski definition) is 1. The highest BCUT2D eigenvalue weighted by molar-refractivity contribution is 5.79. The fourth-order valence-corrected chi connectivity index (χ4v) is 3.77. The number of hydrogen-bond acceptors (Lipinski definition) is 6. The van der Waals surface area contributed by atoms with Gasteiger partial charge in [0.05, 0.1) is 4.92 Å². The van der Waals surface area contributed by atoms with Gasteiger partial charge in [0.25, 0.3) is 0 Å². The average Bonchev–Trinajstić information content (AvgIpc) is 3.14. The van der Waals surface area contributed by atoms with E-state index in [1.54, 1.807) is 18.2 Å². The normalized spacial score (nSPS) is 12.1. The number of nitriles is 1. The van der Waals surface area contributed by atoms with Crippen molar-refractivity contribution >= 4 is 17.9 Å². The maximum Gasteiger partial charge on any atom is 0.407 e. The average molecular weight is 426 g/mol. The molecule has 0 saturated heterocycles. The lowest BCUT2D eigenvalue weighted by Crippen LogP contribution is -2.26. The maximum absolute atomic E-state index is 12.2. The van der Waals surface area contributed by atoms with Crippen LogP contribution in [0.5, 0.6) is 0 Å². The molecule has 0 radical (unpaired) electrons. The standard InChI is InChI=1S/C24H18N4O4/c25-13-22-23(28(30)31)12-16(14-27-22)6-5-11-26-24(29)32-15-21-19-9-3-1-7-17(19)18-8-2-4-10-20(18)21/h1-10,12,14,21H,11,15H2,(H,26,29). The number of benzene rings is 2. The van der Waals surface area contributed by atoms with Crippen molar-refractivity contribution in [3.8, 4) is 17.2 Å². The molecule has 3 aromatic rings. The van der Waals surface area contributed by atoms with Gasteiger partial charge in [-0.3, -0.25) is 10.1 Å². The van der Waals surface area contributed by atoms with Crippen molar-refractivity contribution < 1.29 is 14.5 Å². The van der Waals surface area contributed by atoms with Crippen LogP contribution in [0.25, 0.3) is 17.2 Å². The Balaban J connectivity index is 1.33. The van der Waals surface area contributed by atoms with Gasteiger partial charge in [-0.1, -0.05) is 60.7 Å². The predicted octanol–water partition coefficient (Wildman–Crippen LogP) is 4.41. The van der Waals surface area contributed by atoms with E-state index in [9.17, 15) is 14.9 Å². The number of amides is 1. The summed E-state index contributed by atoms with van der Waals surface area (Å²) in [5.74, 6) is -0.0195. The molecule has 1 aliphatic carbocycles. The highest BCUT2D eigenvalue weighted by atomic mass is 16.6. The van der Waals surface area contributed by atoms with E-state index in [1.165, 1.54) is 12.3 Å². The van der Waals surface area contributed by atoms with Crippen LogP contribution in [0, 0.1) is 21.4 Å². The molecule has 4 rings (SSSR count). The van der Waals surface area contributed by atoms with Gasteiger partial charge in [0.1, 0.15) is 12.7 Å². The van der Waals surface area contributed by atoms with Gasteiger partial charge in [0, 0.05) is 24.7 Å². The lowest BCUT2D eigenvalue weighted by atomic mass is 9.98. The zero-order valence-corrected chi connectivity index (χ0v) is 16.9. The monoisotopic (exact) mass is 426 g/mol. The molecule has 8 heteroatoms. The predicted molar refractivity (Wildman–Crippen MR) is 118 cm³/mol. The topological polar surface area (TPSA) is 118 Å². The number of nitrogens with one attached hydrogen (secondary N) is 1. The number of nitrogens with zero attached hydrogens (tertiary/aromatic N) is 3. The Kier molecular flexibility index (Phi) is 5.90. The Morgan fingerprint density at radius 2 is 1.84 bits per heavy atom. The molecule has 0 fully saturated rings. The molecule has 0 saturated carbocycles. The number of rotatable bonds is 6. The van der Waals surface area contributed by atoms with Gasteiger partial charge < -0.3 is 10.1 Å². The molecule has 0 bridgehead atoms. The summed E-state index contributed by atoms with van der Waals surface area (Å²) >= 11 is 0. The second-order valence-electron chi connectivity index (χ2n) is 7.11. The first-order valence-electron chi connectivity index (χ1n) is 9.88. The molecule has 8 nitrogen and oxygen atoms in total. The van der Waals surface area contributed by atoms with Crippen molar-refractivity contribution in [3.05, 3.63) is 99.4 Å². The summed E-state index contributed by atoms with van der Waals surface area (Å²) in [5.41, 5.74) is 4.43. The van der Waals surface area contributed by atoms with Gasteiger partial charge in [0.2, 0.25) is 5.69 Å². The summed E-state index contributed by atoms with van der Waals surface area (Å²) in [6.45, 7) is 0.389. The van der Waals surface area contributed by atoms with Crippen LogP contribution >= 0.6 is 0 Å². The summed E-state index contributed by atoms with van der Waals surface area (Å²) in [7, 11) is 0. The molecule has 2 aromatic carbocycles. The van der Waals surface area contributed by atoms with Crippen LogP contribution in [-0.2, 0) is 4.74 Å². The van der Waals surface area contributed by atoms with Crippen LogP contribution in [0.2, 0.25) is 0 Å². The third-order valence-electron chi connectivity index (χ3n) is 5.21. The quantitative estimate of drug-likeness (QED) is 0.461. The highest BCUT2D eigenvalue weighted by Crippen LogP contribution is 2.44. The van der Waals surface area contributed by atoms with Crippen LogP contribution in [0.4, 0.5) is 10.5 Å². The van der Waals surface area contributed by atoms with E-state index < -0.39 is 11.0 Å². The van der Waals surface area contributed by atoms with E-state index in [0.717, 1.165) is 22.3 Å². The summed E-state index contributed by atoms with van der Waals surface area (Å²) in [4.78, 5) is 26.3. The molecule has 1 aromatic heterocycles. The lowest BCUT2D eigenvalue weighted by Gasteiger charge is -2.14. The largest absolute Gasteiger partial charge is 0.449 e. The Hall–Kier alpha value is -4.51. The van der Waals surface area contributed by atoms with Gasteiger partial charge >= 0.3 is 11.8 Å². The second-order valence-corrected chi connectivity index (χ2v) is 7.11. The van der Waals surface area contributed by atoms with E-state index in [2.05, 4.69) is 34.6 Å². The summed E-state index contributed by atoms with van der Waals surface area (Å²) in [5, 5.41) is 22.5. The van der Waals surface area contributed by atoms with Crippen molar-refractivity contribution in [2.45, 2.75) is 5.92 Å². The Morgan fingerprint density at radius 3 is 2.47 bits per heavy atom. The minimum Gasteiger partial charge on any atom is -0.449 e. The number of alkyl carbamates (subject to hydrolysis) is 1. The van der Waals surface area contributed by atoms with Crippen LogP contribution < -0.4 is 5.32 Å². The van der Waals surface area contributed by atoms with Crippen LogP contribution in [0.15, 0.2) is 66.9 Å². The molecule has 1 heterocycles. The number of carbonyl (C=O) groups is 1. The zero-order valence-electron chi connectivity index (χ0n) is 16.9. The molecule has 0 atom stereocenters. The second kappa shape index (κ2) is 9.10. The Morgan fingerprint density at radius 1 is 1.19 bits per heavy atom. The molecule has 1 N–H and O–H groups in total. The molecule has 0 aliphatic heterocycles. The smallest absolute Gasteiger partial charge is 0.407 e. The van der Waals surface area contributed by atoms with Crippen LogP contribution in [0.1, 0.15) is 28.3 Å². The number of nitro groups is 1. The molecule has 158 valence electrons. The first-order valence-corrected chi connectivity index (χ1v) is 9.88. The van der Waals surface area contributed by atoms with E-state index in [0.29, 0.717) is 5.56 Å². The number of aromatic nitrogens is 1. The Bertz CT molecular complexity index is 1220. The van der Waals surface area contributed by atoms with E-state index in [-0.39, 0.29) is 30.5 Å². The third kappa shape index (κ3) is 4.18. The molecule has 0 unspecified atom stereocenters. The number of carbonyl (C=O) groups excluding carboxylic acids is 1. The van der Waals surface area contributed by atoms with Crippen molar-refractivity contribution in [2.75, 3.05) is 13.2 Å². The summed E-state index contributed by atoms with van der Waals surface area (Å²) in [6, 6.07) is 19.1. The lowest BCUT2D eigenvalue weighted by molar-refractivity contribution is -0.385. The molecule has 1 aliphatic rings. The zero-order chi connectivity index (χ0) is 22.5. The molecular weight excluding hydrogens is 408 g/mol. The Labute approximate surface area is 183 Å². The summed E-state index contributed by atoms with van der Waals surface area (Å²) < 4.78 is 5.45. The fraction of sp³-hybridized carbons (Fsp3) is 0.125. The molecular formula is C24H18N4O4. The van der Waals surface area contributed by atoms with Gasteiger partial charge in [-0.05, 0) is 27.8 Å². The van der Waals surface area contributed by atoms with Gasteiger partial charge in [-0.2, -0.15) is 5.26 Å². The number of pyridine rings is 1. The van der Waals surface area contributed by atoms with Gasteiger partial charge in [-0.25, -0.2) is 9.78 Å². The van der Waals surface area contributed by atoms with E-state index in [1.807, 2.05) is 24.3 Å². The van der Waals surface area contributed by atoms with E-state index >= 15 is 0 Å². The first kappa shape index (κ1) is 20.8. The maximum atomic E-state index is 12.2. The van der Waals surface area contributed by atoms with Crippen molar-refractivity contribution in [1.29, 1.82) is 5.26 Å². The number of ether oxygens (including phenoxy) is 1. The highest BCUT2D eigenvalue weighted by Gasteiger charge is 2.28. The van der Waals surface area contributed by atoms with Crippen LogP contribution in [-0.4, -0.2) is 29.2 Å². The van der Waals surface area contributed by atoms with Crippen molar-refractivity contribution in [2.24, 2.45) is 0 Å². The number of fused-ring (bicyclic) bond motifs is 3. The van der Waals surface area contributed by atoms with Crippen LogP contribution in [0.3, 0.4) is 0 Å². The van der Waals surface area contributed by atoms with Gasteiger partial charge in [-0.15, -0.1) is 0 Å². The molecule has 0 spiro atoms.